The summed E-state index contributed by atoms with van der Waals surface area (Å²) < 4.78 is 0. The van der Waals surface area contributed by atoms with E-state index in [0.29, 0.717) is 6.04 Å². The van der Waals surface area contributed by atoms with Gasteiger partial charge >= 0.3 is 0 Å². The Bertz CT molecular complexity index is 274. The number of aliphatic hydroxyl groups excluding tert-OH is 1. The average molecular weight is 254 g/mol. The van der Waals surface area contributed by atoms with Crippen LogP contribution >= 0.6 is 0 Å². The lowest BCUT2D eigenvalue weighted by atomic mass is 9.88. The number of β-amino-alcohol motifs (C(OH)–C–C–N with tert-alkyl or cyclic N) is 1. The number of aliphatic hydroxyl groups is 1. The van der Waals surface area contributed by atoms with E-state index >= 15 is 0 Å². The first kappa shape index (κ1) is 14.3. The second-order valence-corrected chi connectivity index (χ2v) is 7.33. The summed E-state index contributed by atoms with van der Waals surface area (Å²) in [4.78, 5) is 5.16. The van der Waals surface area contributed by atoms with E-state index in [2.05, 4.69) is 37.5 Å². The van der Waals surface area contributed by atoms with Gasteiger partial charge in [0.1, 0.15) is 0 Å². The minimum absolute atomic E-state index is 0.0105. The van der Waals surface area contributed by atoms with Gasteiger partial charge in [0.15, 0.2) is 0 Å². The maximum Gasteiger partial charge on any atom is 0.0715 e. The molecule has 1 N–H and O–H groups in total. The molecule has 2 aliphatic rings. The van der Waals surface area contributed by atoms with Crippen LogP contribution in [0.2, 0.25) is 0 Å². The van der Waals surface area contributed by atoms with Crippen LogP contribution in [0.5, 0.6) is 0 Å². The Hall–Kier alpha value is -0.120. The highest BCUT2D eigenvalue weighted by molar-refractivity contribution is 4.90. The molecule has 0 aliphatic carbocycles. The number of rotatable bonds is 2. The van der Waals surface area contributed by atoms with E-state index in [1.165, 1.54) is 32.4 Å². The molecule has 106 valence electrons. The third-order valence-corrected chi connectivity index (χ3v) is 4.72. The summed E-state index contributed by atoms with van der Waals surface area (Å²) in [7, 11) is 0. The molecule has 2 heterocycles. The zero-order chi connectivity index (χ0) is 13.3. The van der Waals surface area contributed by atoms with E-state index < -0.39 is 0 Å². The molecular formula is C15H30N2O. The standard InChI is InChI=1S/C15H30N2O/c1-12-9-16-8-6-5-7-13(16)10-17(12)11-14(18)15(2,3)4/h12-14,18H,5-11H2,1-4H3. The molecule has 0 saturated carbocycles. The Kier molecular flexibility index (Phi) is 4.35. The Morgan fingerprint density at radius 3 is 2.61 bits per heavy atom. The number of hydrogen-bond acceptors (Lipinski definition) is 3. The summed E-state index contributed by atoms with van der Waals surface area (Å²) in [5.41, 5.74) is -0.0105. The smallest absolute Gasteiger partial charge is 0.0715 e. The second-order valence-electron chi connectivity index (χ2n) is 7.33. The lowest BCUT2D eigenvalue weighted by Crippen LogP contribution is -2.60. The molecule has 0 spiro atoms. The predicted octanol–water partition coefficient (Wildman–Crippen LogP) is 1.95. The van der Waals surface area contributed by atoms with Crippen molar-refractivity contribution in [2.75, 3.05) is 26.2 Å². The number of nitrogens with zero attached hydrogens (tertiary/aromatic N) is 2. The summed E-state index contributed by atoms with van der Waals surface area (Å²) >= 11 is 0. The van der Waals surface area contributed by atoms with Crippen LogP contribution in [0.3, 0.4) is 0 Å². The van der Waals surface area contributed by atoms with E-state index in [4.69, 9.17) is 0 Å². The quantitative estimate of drug-likeness (QED) is 0.816. The van der Waals surface area contributed by atoms with Gasteiger partial charge < -0.3 is 5.11 Å². The van der Waals surface area contributed by atoms with Gasteiger partial charge in [-0.05, 0) is 31.7 Å². The topological polar surface area (TPSA) is 26.7 Å². The van der Waals surface area contributed by atoms with Gasteiger partial charge in [-0.25, -0.2) is 0 Å². The maximum atomic E-state index is 10.3. The fraction of sp³-hybridized carbons (Fsp3) is 1.00. The van der Waals surface area contributed by atoms with E-state index in [0.717, 1.165) is 19.1 Å². The zero-order valence-electron chi connectivity index (χ0n) is 12.5. The summed E-state index contributed by atoms with van der Waals surface area (Å²) in [5.74, 6) is 0. The zero-order valence-corrected chi connectivity index (χ0v) is 12.5. The Morgan fingerprint density at radius 1 is 1.22 bits per heavy atom. The summed E-state index contributed by atoms with van der Waals surface area (Å²) in [6.45, 7) is 13.1. The van der Waals surface area contributed by atoms with Crippen LogP contribution in [0.1, 0.15) is 47.0 Å². The number of hydrogen-bond donors (Lipinski definition) is 1. The van der Waals surface area contributed by atoms with Crippen LogP contribution in [0.25, 0.3) is 0 Å². The van der Waals surface area contributed by atoms with E-state index in [1.54, 1.807) is 0 Å². The molecule has 18 heavy (non-hydrogen) atoms. The summed E-state index contributed by atoms with van der Waals surface area (Å²) in [6, 6.07) is 1.32. The van der Waals surface area contributed by atoms with Gasteiger partial charge in [0.25, 0.3) is 0 Å². The second kappa shape index (κ2) is 5.48. The fourth-order valence-electron chi connectivity index (χ4n) is 3.16. The highest BCUT2D eigenvalue weighted by Crippen LogP contribution is 2.26. The molecule has 0 aromatic carbocycles. The molecule has 3 unspecified atom stereocenters. The third kappa shape index (κ3) is 3.25. The van der Waals surface area contributed by atoms with Gasteiger partial charge in [-0.3, -0.25) is 9.80 Å². The molecule has 3 atom stereocenters. The van der Waals surface area contributed by atoms with Gasteiger partial charge in [-0.1, -0.05) is 27.2 Å². The predicted molar refractivity (Wildman–Crippen MR) is 75.7 cm³/mol. The molecule has 0 amide bonds. The van der Waals surface area contributed by atoms with E-state index in [1.807, 2.05) is 0 Å². The molecule has 3 heteroatoms. The SMILES string of the molecule is CC1CN2CCCCC2CN1CC(O)C(C)(C)C. The first-order valence-corrected chi connectivity index (χ1v) is 7.54. The van der Waals surface area contributed by atoms with Crippen LogP contribution in [0, 0.1) is 5.41 Å². The van der Waals surface area contributed by atoms with Crippen molar-refractivity contribution < 1.29 is 5.11 Å². The molecule has 0 bridgehead atoms. The van der Waals surface area contributed by atoms with Crippen molar-refractivity contribution >= 4 is 0 Å². The summed E-state index contributed by atoms with van der Waals surface area (Å²) in [5, 5.41) is 10.3. The molecule has 3 nitrogen and oxygen atoms in total. The number of piperidine rings is 1. The monoisotopic (exact) mass is 254 g/mol. The fourth-order valence-corrected chi connectivity index (χ4v) is 3.16. The molecule has 2 saturated heterocycles. The first-order valence-electron chi connectivity index (χ1n) is 7.54. The van der Waals surface area contributed by atoms with Crippen molar-refractivity contribution in [2.45, 2.75) is 65.1 Å². The molecule has 2 rings (SSSR count). The highest BCUT2D eigenvalue weighted by atomic mass is 16.3. The molecule has 0 aromatic rings. The van der Waals surface area contributed by atoms with E-state index in [-0.39, 0.29) is 11.5 Å². The minimum Gasteiger partial charge on any atom is -0.391 e. The molecular weight excluding hydrogens is 224 g/mol. The van der Waals surface area contributed by atoms with Crippen molar-refractivity contribution in [1.29, 1.82) is 0 Å². The van der Waals surface area contributed by atoms with Crippen LogP contribution in [0.4, 0.5) is 0 Å². The normalized spacial score (nSPS) is 33.2. The number of piperazine rings is 1. The van der Waals surface area contributed by atoms with E-state index in [9.17, 15) is 5.11 Å². The van der Waals surface area contributed by atoms with Crippen LogP contribution in [0.15, 0.2) is 0 Å². The van der Waals surface area contributed by atoms with Gasteiger partial charge in [0.2, 0.25) is 0 Å². The van der Waals surface area contributed by atoms with Crippen LogP contribution in [-0.4, -0.2) is 59.3 Å². The van der Waals surface area contributed by atoms with Crippen molar-refractivity contribution in [3.05, 3.63) is 0 Å². The maximum absolute atomic E-state index is 10.3. The molecule has 2 fully saturated rings. The molecule has 0 aromatic heterocycles. The van der Waals surface area contributed by atoms with Gasteiger partial charge in [-0.2, -0.15) is 0 Å². The largest absolute Gasteiger partial charge is 0.391 e. The van der Waals surface area contributed by atoms with Crippen LogP contribution < -0.4 is 0 Å². The van der Waals surface area contributed by atoms with Crippen molar-refractivity contribution in [2.24, 2.45) is 5.41 Å². The molecule has 0 radical (unpaired) electrons. The number of fused-ring (bicyclic) bond motifs is 1. The highest BCUT2D eigenvalue weighted by Gasteiger charge is 2.35. The van der Waals surface area contributed by atoms with Gasteiger partial charge in [0, 0.05) is 31.7 Å². The van der Waals surface area contributed by atoms with Gasteiger partial charge in [-0.15, -0.1) is 0 Å². The minimum atomic E-state index is -0.227. The van der Waals surface area contributed by atoms with Crippen molar-refractivity contribution in [3.8, 4) is 0 Å². The van der Waals surface area contributed by atoms with Crippen molar-refractivity contribution in [1.82, 2.24) is 9.80 Å². The Labute approximate surface area is 112 Å². The average Bonchev–Trinajstić information content (AvgIpc) is 2.28. The lowest BCUT2D eigenvalue weighted by Gasteiger charge is -2.48. The van der Waals surface area contributed by atoms with Crippen molar-refractivity contribution in [3.63, 3.8) is 0 Å². The van der Waals surface area contributed by atoms with Crippen LogP contribution in [-0.2, 0) is 0 Å². The molecule has 2 aliphatic heterocycles. The summed E-state index contributed by atoms with van der Waals surface area (Å²) in [6.07, 6.45) is 3.86. The van der Waals surface area contributed by atoms with Gasteiger partial charge in [0.05, 0.1) is 6.10 Å². The third-order valence-electron chi connectivity index (χ3n) is 4.72. The Morgan fingerprint density at radius 2 is 1.94 bits per heavy atom. The Balaban J connectivity index is 1.93. The first-order chi connectivity index (χ1) is 8.38. The lowest BCUT2D eigenvalue weighted by molar-refractivity contribution is -0.0316.